The van der Waals surface area contributed by atoms with Crippen LogP contribution in [-0.2, 0) is 4.79 Å². The molecule has 0 aliphatic rings. The highest BCUT2D eigenvalue weighted by molar-refractivity contribution is 5.73. The number of carbonyl (C=O) groups is 1. The van der Waals surface area contributed by atoms with Gasteiger partial charge in [0.15, 0.2) is 0 Å². The van der Waals surface area contributed by atoms with E-state index in [0.717, 1.165) is 17.6 Å². The Morgan fingerprint density at radius 3 is 2.67 bits per heavy atom. The lowest BCUT2D eigenvalue weighted by Crippen LogP contribution is -1.95. The predicted octanol–water partition coefficient (Wildman–Crippen LogP) is 2.19. The molecule has 0 aliphatic heterocycles. The number of nitrogens with zero attached hydrogens (tertiary/aromatic N) is 1. The average molecular weight is 201 g/mol. The van der Waals surface area contributed by atoms with E-state index in [-0.39, 0.29) is 0 Å². The van der Waals surface area contributed by atoms with E-state index in [1.54, 1.807) is 6.08 Å². The summed E-state index contributed by atoms with van der Waals surface area (Å²) in [5.41, 5.74) is 0.940. The van der Waals surface area contributed by atoms with Crippen molar-refractivity contribution < 1.29 is 9.53 Å². The summed E-state index contributed by atoms with van der Waals surface area (Å²) in [6.07, 6.45) is 4.27. The Labute approximate surface area is 88.6 Å². The molecule has 0 aliphatic carbocycles. The molecule has 0 bridgehead atoms. The molecule has 3 heteroatoms. The first-order chi connectivity index (χ1) is 7.36. The maximum Gasteiger partial charge on any atom is 0.142 e. The van der Waals surface area contributed by atoms with Gasteiger partial charge < -0.3 is 4.74 Å². The van der Waals surface area contributed by atoms with Gasteiger partial charge in [-0.2, -0.15) is 5.26 Å². The molecule has 1 rings (SSSR count). The molecule has 0 N–H and O–H groups in total. The minimum atomic E-state index is 0.382. The van der Waals surface area contributed by atoms with Crippen LogP contribution in [0.2, 0.25) is 0 Å². The van der Waals surface area contributed by atoms with Crippen LogP contribution in [0.15, 0.2) is 30.3 Å². The van der Waals surface area contributed by atoms with Crippen molar-refractivity contribution >= 4 is 12.4 Å². The number of ether oxygens (including phenoxy) is 1. The Kier molecular flexibility index (Phi) is 4.68. The Morgan fingerprint density at radius 2 is 2.07 bits per heavy atom. The maximum atomic E-state index is 10.1. The van der Waals surface area contributed by atoms with Gasteiger partial charge in [0.05, 0.1) is 12.5 Å². The lowest BCUT2D eigenvalue weighted by molar-refractivity contribution is -0.104. The zero-order valence-electron chi connectivity index (χ0n) is 8.22. The molecular formula is C12H11NO2. The van der Waals surface area contributed by atoms with Crippen molar-refractivity contribution in [1.29, 1.82) is 5.26 Å². The van der Waals surface area contributed by atoms with Gasteiger partial charge in [0.1, 0.15) is 18.6 Å². The standard InChI is InChI=1S/C12H11NO2/c13-8-2-10-15-12-6-4-11(5-7-12)3-1-9-14/h1,3-7,9H,2,10H2. The molecule has 0 radical (unpaired) electrons. The number of hydrogen-bond donors (Lipinski definition) is 0. The monoisotopic (exact) mass is 201 g/mol. The topological polar surface area (TPSA) is 50.1 Å². The van der Waals surface area contributed by atoms with E-state index in [1.165, 1.54) is 6.08 Å². The Bertz CT molecular complexity index is 374. The predicted molar refractivity (Wildman–Crippen MR) is 57.3 cm³/mol. The van der Waals surface area contributed by atoms with E-state index in [1.807, 2.05) is 30.3 Å². The molecule has 0 atom stereocenters. The molecule has 0 aromatic heterocycles. The average Bonchev–Trinajstić information content (AvgIpc) is 2.28. The maximum absolute atomic E-state index is 10.1. The zero-order valence-corrected chi connectivity index (χ0v) is 8.22. The van der Waals surface area contributed by atoms with Crippen LogP contribution < -0.4 is 4.74 Å². The summed E-state index contributed by atoms with van der Waals surface area (Å²) in [6, 6.07) is 9.31. The summed E-state index contributed by atoms with van der Waals surface area (Å²) in [7, 11) is 0. The number of benzene rings is 1. The van der Waals surface area contributed by atoms with Gasteiger partial charge >= 0.3 is 0 Å². The van der Waals surface area contributed by atoms with Crippen molar-refractivity contribution in [1.82, 2.24) is 0 Å². The van der Waals surface area contributed by atoms with Crippen LogP contribution in [0.25, 0.3) is 6.08 Å². The van der Waals surface area contributed by atoms with Gasteiger partial charge in [-0.3, -0.25) is 4.79 Å². The summed E-state index contributed by atoms with van der Waals surface area (Å²) < 4.78 is 5.29. The highest BCUT2D eigenvalue weighted by Crippen LogP contribution is 2.13. The first-order valence-electron chi connectivity index (χ1n) is 4.58. The number of carbonyl (C=O) groups excluding carboxylic acids is 1. The van der Waals surface area contributed by atoms with Gasteiger partial charge in [-0.1, -0.05) is 18.2 Å². The molecule has 1 aromatic carbocycles. The fourth-order valence-electron chi connectivity index (χ4n) is 1.04. The molecule has 0 saturated heterocycles. The second-order valence-corrected chi connectivity index (χ2v) is 2.82. The highest BCUT2D eigenvalue weighted by Gasteiger charge is 1.92. The smallest absolute Gasteiger partial charge is 0.142 e. The van der Waals surface area contributed by atoms with Gasteiger partial charge in [0.25, 0.3) is 0 Å². The van der Waals surface area contributed by atoms with Crippen molar-refractivity contribution in [3.8, 4) is 11.8 Å². The van der Waals surface area contributed by atoms with Crippen molar-refractivity contribution in [2.24, 2.45) is 0 Å². The Morgan fingerprint density at radius 1 is 1.33 bits per heavy atom. The third kappa shape index (κ3) is 4.10. The molecule has 0 amide bonds. The molecule has 1 aromatic rings. The zero-order chi connectivity index (χ0) is 10.9. The van der Waals surface area contributed by atoms with E-state index >= 15 is 0 Å². The molecule has 15 heavy (non-hydrogen) atoms. The molecule has 3 nitrogen and oxygen atoms in total. The second kappa shape index (κ2) is 6.39. The van der Waals surface area contributed by atoms with Crippen LogP contribution in [0.5, 0.6) is 5.75 Å². The van der Waals surface area contributed by atoms with E-state index < -0.39 is 0 Å². The number of rotatable bonds is 5. The van der Waals surface area contributed by atoms with Crippen molar-refractivity contribution in [3.63, 3.8) is 0 Å². The fourth-order valence-corrected chi connectivity index (χ4v) is 1.04. The first-order valence-corrected chi connectivity index (χ1v) is 4.58. The summed E-state index contributed by atoms with van der Waals surface area (Å²) in [5.74, 6) is 0.730. The molecule has 76 valence electrons. The van der Waals surface area contributed by atoms with E-state index in [9.17, 15) is 4.79 Å². The van der Waals surface area contributed by atoms with Crippen LogP contribution in [0.3, 0.4) is 0 Å². The minimum Gasteiger partial charge on any atom is -0.493 e. The summed E-state index contributed by atoms with van der Waals surface area (Å²) in [5, 5.41) is 8.31. The molecule has 0 heterocycles. The lowest BCUT2D eigenvalue weighted by atomic mass is 10.2. The van der Waals surface area contributed by atoms with E-state index in [2.05, 4.69) is 0 Å². The van der Waals surface area contributed by atoms with Crippen molar-refractivity contribution in [2.75, 3.05) is 6.61 Å². The van der Waals surface area contributed by atoms with Crippen LogP contribution in [0, 0.1) is 11.3 Å². The van der Waals surface area contributed by atoms with Crippen LogP contribution in [0.1, 0.15) is 12.0 Å². The second-order valence-electron chi connectivity index (χ2n) is 2.82. The Hall–Kier alpha value is -2.08. The van der Waals surface area contributed by atoms with Crippen molar-refractivity contribution in [3.05, 3.63) is 35.9 Å². The van der Waals surface area contributed by atoms with Gasteiger partial charge in [-0.25, -0.2) is 0 Å². The summed E-state index contributed by atoms with van der Waals surface area (Å²) >= 11 is 0. The minimum absolute atomic E-state index is 0.382. The van der Waals surface area contributed by atoms with Crippen LogP contribution in [-0.4, -0.2) is 12.9 Å². The molecule has 0 saturated carbocycles. The molecule has 0 fully saturated rings. The Balaban J connectivity index is 2.53. The molecule has 0 unspecified atom stereocenters. The lowest BCUT2D eigenvalue weighted by Gasteiger charge is -2.03. The number of aldehydes is 1. The first kappa shape index (κ1) is 11.0. The van der Waals surface area contributed by atoms with Gasteiger partial charge in [0.2, 0.25) is 0 Å². The fraction of sp³-hybridized carbons (Fsp3) is 0.167. The number of hydrogen-bond acceptors (Lipinski definition) is 3. The third-order valence-corrected chi connectivity index (χ3v) is 1.73. The number of allylic oxidation sites excluding steroid dienone is 1. The van der Waals surface area contributed by atoms with Crippen molar-refractivity contribution in [2.45, 2.75) is 6.42 Å². The van der Waals surface area contributed by atoms with E-state index in [4.69, 9.17) is 10.00 Å². The summed E-state index contributed by atoms with van der Waals surface area (Å²) in [6.45, 7) is 0.403. The molecular weight excluding hydrogens is 190 g/mol. The van der Waals surface area contributed by atoms with Crippen LogP contribution in [0.4, 0.5) is 0 Å². The highest BCUT2D eigenvalue weighted by atomic mass is 16.5. The van der Waals surface area contributed by atoms with Crippen LogP contribution >= 0.6 is 0 Å². The normalized spacial score (nSPS) is 9.80. The van der Waals surface area contributed by atoms with Gasteiger partial charge in [-0.05, 0) is 23.8 Å². The SMILES string of the molecule is N#CCCOc1ccc(C=CC=O)cc1. The molecule has 0 spiro atoms. The summed E-state index contributed by atoms with van der Waals surface area (Å²) in [4.78, 5) is 10.1. The van der Waals surface area contributed by atoms with Gasteiger partial charge in [0, 0.05) is 0 Å². The quantitative estimate of drug-likeness (QED) is 0.417. The van der Waals surface area contributed by atoms with Gasteiger partial charge in [-0.15, -0.1) is 0 Å². The third-order valence-electron chi connectivity index (χ3n) is 1.73. The van der Waals surface area contributed by atoms with E-state index in [0.29, 0.717) is 13.0 Å². The largest absolute Gasteiger partial charge is 0.493 e. The number of nitriles is 1.